The molecule has 0 aliphatic rings. The maximum Gasteiger partial charge on any atom is 0.241 e. The maximum absolute atomic E-state index is 12.5. The van der Waals surface area contributed by atoms with E-state index in [1.807, 2.05) is 67.1 Å². The van der Waals surface area contributed by atoms with Gasteiger partial charge in [-0.25, -0.2) is 4.98 Å². The molecule has 0 bridgehead atoms. The highest BCUT2D eigenvalue weighted by molar-refractivity contribution is 5.94. The average Bonchev–Trinajstić information content (AvgIpc) is 3.14. The number of carbonyl (C=O) groups excluding carboxylic acids is 1. The van der Waals surface area contributed by atoms with E-state index >= 15 is 0 Å². The van der Waals surface area contributed by atoms with Gasteiger partial charge in [-0.15, -0.1) is 0 Å². The number of hydrogen-bond donors (Lipinski definition) is 2. The summed E-state index contributed by atoms with van der Waals surface area (Å²) in [4.78, 5) is 16.9. The van der Waals surface area contributed by atoms with Crippen LogP contribution in [0.4, 0.5) is 5.69 Å². The number of imidazole rings is 1. The predicted octanol–water partition coefficient (Wildman–Crippen LogP) is 3.36. The Morgan fingerprint density at radius 2 is 1.90 bits per heavy atom. The number of amides is 1. The Bertz CT molecular complexity index is 921. The summed E-state index contributed by atoms with van der Waals surface area (Å²) in [7, 11) is 0. The second kappa shape index (κ2) is 10.0. The standard InChI is InChI=1S/C23H28N4O2/c1-17(2)29-15-19-9-6-10-20(11-19)26-23(28)22(24)12-21-14-27(16-25-21)13-18-7-4-3-5-8-18/h3-11,14,16-17,22H,12-13,15,24H2,1-2H3,(H,26,28)/t22-/m0/s1. The van der Waals surface area contributed by atoms with Crippen molar-refractivity contribution in [2.24, 2.45) is 5.73 Å². The first-order chi connectivity index (χ1) is 14.0. The highest BCUT2D eigenvalue weighted by atomic mass is 16.5. The first-order valence-electron chi connectivity index (χ1n) is 9.81. The highest BCUT2D eigenvalue weighted by Crippen LogP contribution is 2.13. The molecule has 1 atom stereocenters. The second-order valence-electron chi connectivity index (χ2n) is 7.38. The smallest absolute Gasteiger partial charge is 0.241 e. The van der Waals surface area contributed by atoms with Gasteiger partial charge >= 0.3 is 0 Å². The number of benzene rings is 2. The zero-order valence-electron chi connectivity index (χ0n) is 16.9. The number of rotatable bonds is 9. The van der Waals surface area contributed by atoms with Gasteiger partial charge in [-0.1, -0.05) is 42.5 Å². The molecule has 0 aliphatic heterocycles. The van der Waals surface area contributed by atoms with Crippen molar-refractivity contribution < 1.29 is 9.53 Å². The summed E-state index contributed by atoms with van der Waals surface area (Å²) in [6.07, 6.45) is 4.24. The molecule has 3 N–H and O–H groups in total. The lowest BCUT2D eigenvalue weighted by molar-refractivity contribution is -0.117. The minimum Gasteiger partial charge on any atom is -0.374 e. The fourth-order valence-corrected chi connectivity index (χ4v) is 2.95. The predicted molar refractivity (Wildman–Crippen MR) is 114 cm³/mol. The average molecular weight is 393 g/mol. The van der Waals surface area contributed by atoms with Crippen LogP contribution in [0.1, 0.15) is 30.7 Å². The van der Waals surface area contributed by atoms with Gasteiger partial charge in [-0.2, -0.15) is 0 Å². The van der Waals surface area contributed by atoms with Crippen molar-refractivity contribution in [3.63, 3.8) is 0 Å². The summed E-state index contributed by atoms with van der Waals surface area (Å²) >= 11 is 0. The van der Waals surface area contributed by atoms with Gasteiger partial charge < -0.3 is 20.4 Å². The number of anilines is 1. The van der Waals surface area contributed by atoms with Crippen molar-refractivity contribution >= 4 is 11.6 Å². The van der Waals surface area contributed by atoms with Crippen LogP contribution in [0.3, 0.4) is 0 Å². The molecular weight excluding hydrogens is 364 g/mol. The molecule has 1 amide bonds. The van der Waals surface area contributed by atoms with Crippen molar-refractivity contribution in [3.05, 3.63) is 83.9 Å². The van der Waals surface area contributed by atoms with E-state index in [0.29, 0.717) is 18.7 Å². The van der Waals surface area contributed by atoms with E-state index in [0.717, 1.165) is 17.8 Å². The summed E-state index contributed by atoms with van der Waals surface area (Å²) in [5.41, 5.74) is 9.82. The summed E-state index contributed by atoms with van der Waals surface area (Å²) in [5, 5.41) is 2.88. The van der Waals surface area contributed by atoms with Gasteiger partial charge in [0.1, 0.15) is 0 Å². The van der Waals surface area contributed by atoms with Crippen LogP contribution in [-0.4, -0.2) is 27.6 Å². The van der Waals surface area contributed by atoms with E-state index in [9.17, 15) is 4.79 Å². The molecule has 3 rings (SSSR count). The molecule has 0 radical (unpaired) electrons. The molecule has 0 spiro atoms. The van der Waals surface area contributed by atoms with Crippen molar-refractivity contribution in [1.82, 2.24) is 9.55 Å². The Balaban J connectivity index is 1.54. The molecule has 0 saturated heterocycles. The SMILES string of the molecule is CC(C)OCc1cccc(NC(=O)[C@@H](N)Cc2cn(Cc3ccccc3)cn2)c1. The maximum atomic E-state index is 12.5. The summed E-state index contributed by atoms with van der Waals surface area (Å²) in [5.74, 6) is -0.232. The molecule has 1 heterocycles. The lowest BCUT2D eigenvalue weighted by Gasteiger charge is -2.13. The van der Waals surface area contributed by atoms with Gasteiger partial charge in [0.2, 0.25) is 5.91 Å². The van der Waals surface area contributed by atoms with E-state index in [-0.39, 0.29) is 12.0 Å². The minimum absolute atomic E-state index is 0.156. The summed E-state index contributed by atoms with van der Waals surface area (Å²) in [6.45, 7) is 5.23. The van der Waals surface area contributed by atoms with Crippen molar-refractivity contribution in [2.75, 3.05) is 5.32 Å². The number of carbonyl (C=O) groups is 1. The minimum atomic E-state index is -0.675. The van der Waals surface area contributed by atoms with Crippen LogP contribution in [0.5, 0.6) is 0 Å². The van der Waals surface area contributed by atoms with Gasteiger partial charge in [-0.05, 0) is 37.1 Å². The molecule has 152 valence electrons. The summed E-state index contributed by atoms with van der Waals surface area (Å²) < 4.78 is 7.60. The molecule has 1 aromatic heterocycles. The van der Waals surface area contributed by atoms with Crippen LogP contribution < -0.4 is 11.1 Å². The first-order valence-corrected chi connectivity index (χ1v) is 9.81. The molecule has 6 heteroatoms. The zero-order chi connectivity index (χ0) is 20.6. The number of hydrogen-bond acceptors (Lipinski definition) is 4. The largest absolute Gasteiger partial charge is 0.374 e. The number of nitrogens with zero attached hydrogens (tertiary/aromatic N) is 2. The second-order valence-corrected chi connectivity index (χ2v) is 7.38. The third-order valence-electron chi connectivity index (χ3n) is 4.44. The van der Waals surface area contributed by atoms with Crippen LogP contribution >= 0.6 is 0 Å². The zero-order valence-corrected chi connectivity index (χ0v) is 16.9. The van der Waals surface area contributed by atoms with E-state index in [4.69, 9.17) is 10.5 Å². The fraction of sp³-hybridized carbons (Fsp3) is 0.304. The number of ether oxygens (including phenoxy) is 1. The van der Waals surface area contributed by atoms with Gasteiger partial charge in [0.15, 0.2) is 0 Å². The normalized spacial score (nSPS) is 12.1. The Kier molecular flexibility index (Phi) is 7.16. The van der Waals surface area contributed by atoms with Gasteiger partial charge in [0.05, 0.1) is 30.8 Å². The van der Waals surface area contributed by atoms with E-state index in [1.54, 1.807) is 6.33 Å². The third-order valence-corrected chi connectivity index (χ3v) is 4.44. The van der Waals surface area contributed by atoms with Gasteiger partial charge in [0.25, 0.3) is 0 Å². The third kappa shape index (κ3) is 6.55. The molecule has 3 aromatic rings. The molecule has 0 aliphatic carbocycles. The Labute approximate surface area is 171 Å². The molecular formula is C23H28N4O2. The van der Waals surface area contributed by atoms with Crippen LogP contribution in [0.25, 0.3) is 0 Å². The van der Waals surface area contributed by atoms with Crippen molar-refractivity contribution in [3.8, 4) is 0 Å². The van der Waals surface area contributed by atoms with E-state index in [2.05, 4.69) is 22.4 Å². The van der Waals surface area contributed by atoms with Crippen molar-refractivity contribution in [1.29, 1.82) is 0 Å². The van der Waals surface area contributed by atoms with E-state index in [1.165, 1.54) is 5.56 Å². The topological polar surface area (TPSA) is 82.2 Å². The molecule has 0 unspecified atom stereocenters. The molecule has 6 nitrogen and oxygen atoms in total. The van der Waals surface area contributed by atoms with Crippen molar-refractivity contribution in [2.45, 2.75) is 45.6 Å². The fourth-order valence-electron chi connectivity index (χ4n) is 2.95. The molecule has 29 heavy (non-hydrogen) atoms. The lowest BCUT2D eigenvalue weighted by atomic mass is 10.1. The number of nitrogens with one attached hydrogen (secondary N) is 1. The Morgan fingerprint density at radius 3 is 2.66 bits per heavy atom. The van der Waals surface area contributed by atoms with Crippen LogP contribution in [0.2, 0.25) is 0 Å². The quantitative estimate of drug-likeness (QED) is 0.585. The first kappa shape index (κ1) is 20.8. The molecule has 0 saturated carbocycles. The van der Waals surface area contributed by atoms with Crippen LogP contribution in [-0.2, 0) is 29.1 Å². The summed E-state index contributed by atoms with van der Waals surface area (Å²) in [6, 6.07) is 17.1. The highest BCUT2D eigenvalue weighted by Gasteiger charge is 2.16. The van der Waals surface area contributed by atoms with Gasteiger partial charge in [-0.3, -0.25) is 4.79 Å². The molecule has 0 fully saturated rings. The number of aromatic nitrogens is 2. The molecule has 2 aromatic carbocycles. The number of nitrogens with two attached hydrogens (primary N) is 1. The van der Waals surface area contributed by atoms with Crippen LogP contribution in [0, 0.1) is 0 Å². The van der Waals surface area contributed by atoms with Gasteiger partial charge in [0, 0.05) is 24.8 Å². The van der Waals surface area contributed by atoms with E-state index < -0.39 is 6.04 Å². The Morgan fingerprint density at radius 1 is 1.14 bits per heavy atom. The van der Waals surface area contributed by atoms with Crippen LogP contribution in [0.15, 0.2) is 67.1 Å². The monoisotopic (exact) mass is 392 g/mol. The lowest BCUT2D eigenvalue weighted by Crippen LogP contribution is -2.37. The Hall–Kier alpha value is -2.96.